The van der Waals surface area contributed by atoms with E-state index in [0.29, 0.717) is 6.42 Å². The standard InChI is InChI=1S/C9H14O3/c1-11-9(10)6-2-4-8-5-3-7-12-8/h2,4,8H,3,5-7H2,1H3/b4-2-. The van der Waals surface area contributed by atoms with E-state index in [1.54, 1.807) is 0 Å². The van der Waals surface area contributed by atoms with Gasteiger partial charge in [-0.25, -0.2) is 0 Å². The normalized spacial score (nSPS) is 23.2. The van der Waals surface area contributed by atoms with Crippen LogP contribution in [0.5, 0.6) is 0 Å². The third-order valence-electron chi connectivity index (χ3n) is 1.83. The zero-order valence-corrected chi connectivity index (χ0v) is 7.29. The molecule has 68 valence electrons. The van der Waals surface area contributed by atoms with Gasteiger partial charge in [-0.15, -0.1) is 0 Å². The van der Waals surface area contributed by atoms with Gasteiger partial charge in [-0.2, -0.15) is 0 Å². The Labute approximate surface area is 72.4 Å². The van der Waals surface area contributed by atoms with Crippen LogP contribution in [-0.4, -0.2) is 25.8 Å². The van der Waals surface area contributed by atoms with Crippen molar-refractivity contribution in [1.29, 1.82) is 0 Å². The highest BCUT2D eigenvalue weighted by Crippen LogP contribution is 2.12. The summed E-state index contributed by atoms with van der Waals surface area (Å²) < 4.78 is 9.81. The molecule has 0 radical (unpaired) electrons. The number of carbonyl (C=O) groups excluding carboxylic acids is 1. The van der Waals surface area contributed by atoms with Crippen molar-refractivity contribution < 1.29 is 14.3 Å². The van der Waals surface area contributed by atoms with Crippen LogP contribution in [0.25, 0.3) is 0 Å². The first kappa shape index (κ1) is 9.26. The van der Waals surface area contributed by atoms with E-state index in [1.165, 1.54) is 7.11 Å². The Morgan fingerprint density at radius 1 is 1.75 bits per heavy atom. The van der Waals surface area contributed by atoms with Gasteiger partial charge in [-0.1, -0.05) is 12.2 Å². The van der Waals surface area contributed by atoms with Gasteiger partial charge < -0.3 is 9.47 Å². The number of methoxy groups -OCH3 is 1. The van der Waals surface area contributed by atoms with Crippen molar-refractivity contribution in [3.8, 4) is 0 Å². The molecule has 0 saturated carbocycles. The van der Waals surface area contributed by atoms with E-state index in [4.69, 9.17) is 4.74 Å². The summed E-state index contributed by atoms with van der Waals surface area (Å²) in [6.45, 7) is 0.841. The molecular formula is C9H14O3. The number of hydrogen-bond acceptors (Lipinski definition) is 3. The second-order valence-electron chi connectivity index (χ2n) is 2.76. The first-order valence-corrected chi connectivity index (χ1v) is 4.18. The molecule has 1 unspecified atom stereocenters. The second kappa shape index (κ2) is 4.93. The van der Waals surface area contributed by atoms with Crippen molar-refractivity contribution in [3.63, 3.8) is 0 Å². The molecule has 0 aliphatic carbocycles. The number of esters is 1. The highest BCUT2D eigenvalue weighted by molar-refractivity contribution is 5.70. The predicted molar refractivity (Wildman–Crippen MR) is 44.7 cm³/mol. The molecule has 1 atom stereocenters. The quantitative estimate of drug-likeness (QED) is 0.473. The third kappa shape index (κ3) is 3.05. The lowest BCUT2D eigenvalue weighted by Gasteiger charge is -2.00. The molecule has 1 rings (SSSR count). The van der Waals surface area contributed by atoms with Gasteiger partial charge in [0.25, 0.3) is 0 Å². The summed E-state index contributed by atoms with van der Waals surface area (Å²) >= 11 is 0. The van der Waals surface area contributed by atoms with Gasteiger partial charge in [0.2, 0.25) is 0 Å². The average molecular weight is 170 g/mol. The fourth-order valence-corrected chi connectivity index (χ4v) is 1.15. The number of rotatable bonds is 3. The Morgan fingerprint density at radius 3 is 3.17 bits per heavy atom. The summed E-state index contributed by atoms with van der Waals surface area (Å²) in [5, 5.41) is 0. The molecule has 1 saturated heterocycles. The summed E-state index contributed by atoms with van der Waals surface area (Å²) in [7, 11) is 1.39. The molecule has 3 nitrogen and oxygen atoms in total. The largest absolute Gasteiger partial charge is 0.469 e. The van der Waals surface area contributed by atoms with Crippen LogP contribution < -0.4 is 0 Å². The average Bonchev–Trinajstić information content (AvgIpc) is 2.57. The van der Waals surface area contributed by atoms with E-state index < -0.39 is 0 Å². The van der Waals surface area contributed by atoms with E-state index in [9.17, 15) is 4.79 Å². The van der Waals surface area contributed by atoms with E-state index in [-0.39, 0.29) is 12.1 Å². The number of ether oxygens (including phenoxy) is 2. The third-order valence-corrected chi connectivity index (χ3v) is 1.83. The van der Waals surface area contributed by atoms with Crippen molar-refractivity contribution in [3.05, 3.63) is 12.2 Å². The van der Waals surface area contributed by atoms with Crippen molar-refractivity contribution >= 4 is 5.97 Å². The maximum absolute atomic E-state index is 10.7. The minimum absolute atomic E-state index is 0.204. The van der Waals surface area contributed by atoms with E-state index in [2.05, 4.69) is 4.74 Å². The van der Waals surface area contributed by atoms with Crippen molar-refractivity contribution in [2.75, 3.05) is 13.7 Å². The molecule has 0 aromatic rings. The van der Waals surface area contributed by atoms with Gasteiger partial charge in [0.15, 0.2) is 0 Å². The molecule has 3 heteroatoms. The molecule has 1 heterocycles. The van der Waals surface area contributed by atoms with Crippen LogP contribution in [0.4, 0.5) is 0 Å². The van der Waals surface area contributed by atoms with Crippen LogP contribution in [-0.2, 0) is 14.3 Å². The molecule has 0 spiro atoms. The Morgan fingerprint density at radius 2 is 2.58 bits per heavy atom. The van der Waals surface area contributed by atoms with Crippen LogP contribution in [0.15, 0.2) is 12.2 Å². The predicted octanol–water partition coefficient (Wildman–Crippen LogP) is 1.28. The number of hydrogen-bond donors (Lipinski definition) is 0. The molecule has 0 amide bonds. The SMILES string of the molecule is COC(=O)C/C=C\C1CCCO1. The molecule has 0 aromatic carbocycles. The minimum Gasteiger partial charge on any atom is -0.469 e. The topological polar surface area (TPSA) is 35.5 Å². The highest BCUT2D eigenvalue weighted by atomic mass is 16.5. The minimum atomic E-state index is -0.204. The van der Waals surface area contributed by atoms with Crippen molar-refractivity contribution in [2.45, 2.75) is 25.4 Å². The lowest BCUT2D eigenvalue weighted by Crippen LogP contribution is -2.01. The van der Waals surface area contributed by atoms with Gasteiger partial charge in [-0.05, 0) is 12.8 Å². The lowest BCUT2D eigenvalue weighted by atomic mass is 10.2. The van der Waals surface area contributed by atoms with Gasteiger partial charge in [0.1, 0.15) is 0 Å². The summed E-state index contributed by atoms with van der Waals surface area (Å²) in [6, 6.07) is 0. The van der Waals surface area contributed by atoms with Gasteiger partial charge in [0.05, 0.1) is 19.6 Å². The van der Waals surface area contributed by atoms with Gasteiger partial charge in [-0.3, -0.25) is 4.79 Å². The zero-order valence-electron chi connectivity index (χ0n) is 7.29. The van der Waals surface area contributed by atoms with Crippen LogP contribution in [0.2, 0.25) is 0 Å². The first-order valence-electron chi connectivity index (χ1n) is 4.18. The molecule has 1 aliphatic heterocycles. The van der Waals surface area contributed by atoms with E-state index in [1.807, 2.05) is 12.2 Å². The van der Waals surface area contributed by atoms with Crippen LogP contribution >= 0.6 is 0 Å². The monoisotopic (exact) mass is 170 g/mol. The Balaban J connectivity index is 2.16. The van der Waals surface area contributed by atoms with E-state index >= 15 is 0 Å². The molecule has 1 fully saturated rings. The maximum Gasteiger partial charge on any atom is 0.309 e. The molecule has 0 aromatic heterocycles. The second-order valence-corrected chi connectivity index (χ2v) is 2.76. The fourth-order valence-electron chi connectivity index (χ4n) is 1.15. The Kier molecular flexibility index (Phi) is 3.80. The van der Waals surface area contributed by atoms with Crippen LogP contribution in [0.3, 0.4) is 0 Å². The summed E-state index contributed by atoms with van der Waals surface area (Å²) in [6.07, 6.45) is 6.49. The summed E-state index contributed by atoms with van der Waals surface area (Å²) in [4.78, 5) is 10.7. The molecule has 0 bridgehead atoms. The smallest absolute Gasteiger partial charge is 0.309 e. The van der Waals surface area contributed by atoms with Gasteiger partial charge in [0, 0.05) is 6.61 Å². The van der Waals surface area contributed by atoms with E-state index in [0.717, 1.165) is 19.4 Å². The molecule has 12 heavy (non-hydrogen) atoms. The van der Waals surface area contributed by atoms with Crippen LogP contribution in [0.1, 0.15) is 19.3 Å². The Bertz CT molecular complexity index is 169. The fraction of sp³-hybridized carbons (Fsp3) is 0.667. The first-order chi connectivity index (χ1) is 5.83. The molecule has 1 aliphatic rings. The summed E-state index contributed by atoms with van der Waals surface area (Å²) in [5.41, 5.74) is 0. The number of carbonyl (C=O) groups is 1. The highest BCUT2D eigenvalue weighted by Gasteiger charge is 2.11. The summed E-state index contributed by atoms with van der Waals surface area (Å²) in [5.74, 6) is -0.204. The van der Waals surface area contributed by atoms with Crippen molar-refractivity contribution in [2.24, 2.45) is 0 Å². The van der Waals surface area contributed by atoms with Crippen LogP contribution in [0, 0.1) is 0 Å². The lowest BCUT2D eigenvalue weighted by molar-refractivity contribution is -0.139. The zero-order chi connectivity index (χ0) is 8.81. The molecule has 0 N–H and O–H groups in total. The van der Waals surface area contributed by atoms with Gasteiger partial charge >= 0.3 is 5.97 Å². The Hall–Kier alpha value is -0.830. The molecular weight excluding hydrogens is 156 g/mol. The van der Waals surface area contributed by atoms with Crippen molar-refractivity contribution in [1.82, 2.24) is 0 Å². The maximum atomic E-state index is 10.7.